The van der Waals surface area contributed by atoms with Crippen LogP contribution >= 0.6 is 0 Å². The lowest BCUT2D eigenvalue weighted by molar-refractivity contribution is -0.144. The lowest BCUT2D eigenvalue weighted by Gasteiger charge is -2.22. The summed E-state index contributed by atoms with van der Waals surface area (Å²) in [5.41, 5.74) is 0. The van der Waals surface area contributed by atoms with Gasteiger partial charge in [0.15, 0.2) is 0 Å². The first-order valence-electron chi connectivity index (χ1n) is 6.82. The van der Waals surface area contributed by atoms with Crippen LogP contribution in [0.2, 0.25) is 0 Å². The van der Waals surface area contributed by atoms with E-state index < -0.39 is 12.0 Å². The van der Waals surface area contributed by atoms with Gasteiger partial charge in [-0.3, -0.25) is 0 Å². The van der Waals surface area contributed by atoms with Gasteiger partial charge in [0.1, 0.15) is 6.04 Å². The summed E-state index contributed by atoms with van der Waals surface area (Å²) in [6.07, 6.45) is 2.87. The summed E-state index contributed by atoms with van der Waals surface area (Å²) < 4.78 is 10.1. The molecule has 1 rings (SSSR count). The zero-order valence-electron chi connectivity index (χ0n) is 11.9. The summed E-state index contributed by atoms with van der Waals surface area (Å²) in [7, 11) is 1.32. The summed E-state index contributed by atoms with van der Waals surface area (Å²) in [4.78, 5) is 23.4. The maximum absolute atomic E-state index is 11.8. The second kappa shape index (κ2) is 7.99. The third-order valence-corrected chi connectivity index (χ3v) is 3.47. The SMILES string of the molecule is CC[C@@H](C)[C@H](NC(=O)NC[C@H]1CCCO1)C(=O)OC. The van der Waals surface area contributed by atoms with Crippen molar-refractivity contribution in [3.63, 3.8) is 0 Å². The second-order valence-corrected chi connectivity index (χ2v) is 4.88. The van der Waals surface area contributed by atoms with Crippen molar-refractivity contribution in [2.45, 2.75) is 45.3 Å². The van der Waals surface area contributed by atoms with Gasteiger partial charge in [-0.25, -0.2) is 9.59 Å². The Balaban J connectivity index is 2.39. The molecule has 0 unspecified atom stereocenters. The van der Waals surface area contributed by atoms with Gasteiger partial charge >= 0.3 is 12.0 Å². The van der Waals surface area contributed by atoms with E-state index in [1.165, 1.54) is 7.11 Å². The molecule has 0 saturated carbocycles. The van der Waals surface area contributed by atoms with E-state index in [4.69, 9.17) is 9.47 Å². The first-order valence-corrected chi connectivity index (χ1v) is 6.82. The molecule has 6 nitrogen and oxygen atoms in total. The molecule has 1 saturated heterocycles. The van der Waals surface area contributed by atoms with Crippen LogP contribution in [0.15, 0.2) is 0 Å². The normalized spacial score (nSPS) is 21.5. The molecule has 19 heavy (non-hydrogen) atoms. The third-order valence-electron chi connectivity index (χ3n) is 3.47. The molecule has 0 spiro atoms. The number of nitrogens with one attached hydrogen (secondary N) is 2. The molecule has 0 aromatic heterocycles. The monoisotopic (exact) mass is 272 g/mol. The van der Waals surface area contributed by atoms with E-state index in [9.17, 15) is 9.59 Å². The van der Waals surface area contributed by atoms with Crippen LogP contribution in [0.1, 0.15) is 33.1 Å². The molecule has 0 aromatic rings. The molecule has 1 fully saturated rings. The summed E-state index contributed by atoms with van der Waals surface area (Å²) in [5.74, 6) is -0.387. The lowest BCUT2D eigenvalue weighted by atomic mass is 9.99. The van der Waals surface area contributed by atoms with E-state index in [0.717, 1.165) is 25.9 Å². The van der Waals surface area contributed by atoms with Crippen LogP contribution < -0.4 is 10.6 Å². The minimum absolute atomic E-state index is 0.0286. The van der Waals surface area contributed by atoms with Crippen LogP contribution in [0.25, 0.3) is 0 Å². The average Bonchev–Trinajstić information content (AvgIpc) is 2.94. The summed E-state index contributed by atoms with van der Waals surface area (Å²) in [5, 5.41) is 5.39. The Morgan fingerprint density at radius 1 is 1.47 bits per heavy atom. The Bertz CT molecular complexity index is 303. The Hall–Kier alpha value is -1.30. The molecule has 3 atom stereocenters. The predicted octanol–water partition coefficient (Wildman–Crippen LogP) is 1.05. The van der Waals surface area contributed by atoms with Crippen molar-refractivity contribution >= 4 is 12.0 Å². The minimum atomic E-state index is -0.612. The van der Waals surface area contributed by atoms with Crippen molar-refractivity contribution in [1.29, 1.82) is 0 Å². The molecular weight excluding hydrogens is 248 g/mol. The maximum Gasteiger partial charge on any atom is 0.328 e. The highest BCUT2D eigenvalue weighted by molar-refractivity contribution is 5.83. The van der Waals surface area contributed by atoms with Gasteiger partial charge < -0.3 is 20.1 Å². The summed E-state index contributed by atoms with van der Waals surface area (Å²) >= 11 is 0. The zero-order valence-corrected chi connectivity index (χ0v) is 11.9. The highest BCUT2D eigenvalue weighted by Gasteiger charge is 2.27. The van der Waals surface area contributed by atoms with Crippen LogP contribution in [0, 0.1) is 5.92 Å². The van der Waals surface area contributed by atoms with E-state index in [1.54, 1.807) is 0 Å². The molecule has 2 amide bonds. The summed E-state index contributed by atoms with van der Waals surface area (Å²) in [6.45, 7) is 5.10. The first-order chi connectivity index (χ1) is 9.08. The van der Waals surface area contributed by atoms with Gasteiger partial charge in [-0.05, 0) is 18.8 Å². The quantitative estimate of drug-likeness (QED) is 0.709. The van der Waals surface area contributed by atoms with E-state index in [0.29, 0.717) is 6.54 Å². The fourth-order valence-corrected chi connectivity index (χ4v) is 2.00. The predicted molar refractivity (Wildman–Crippen MR) is 70.8 cm³/mol. The molecule has 1 heterocycles. The molecule has 6 heteroatoms. The molecule has 1 aliphatic heterocycles. The van der Waals surface area contributed by atoms with Crippen LogP contribution in [0.3, 0.4) is 0 Å². The molecule has 0 aromatic carbocycles. The highest BCUT2D eigenvalue weighted by atomic mass is 16.5. The molecule has 2 N–H and O–H groups in total. The van der Waals surface area contributed by atoms with Crippen LogP contribution in [-0.4, -0.2) is 44.4 Å². The Labute approximate surface area is 114 Å². The summed E-state index contributed by atoms with van der Waals surface area (Å²) in [6, 6.07) is -0.967. The molecule has 1 aliphatic rings. The van der Waals surface area contributed by atoms with Crippen molar-refractivity contribution in [1.82, 2.24) is 10.6 Å². The van der Waals surface area contributed by atoms with Gasteiger partial charge in [0.25, 0.3) is 0 Å². The van der Waals surface area contributed by atoms with Gasteiger partial charge in [-0.1, -0.05) is 20.3 Å². The topological polar surface area (TPSA) is 76.7 Å². The molecule has 0 aliphatic carbocycles. The van der Waals surface area contributed by atoms with E-state index in [-0.39, 0.29) is 18.1 Å². The van der Waals surface area contributed by atoms with Gasteiger partial charge in [-0.2, -0.15) is 0 Å². The van der Waals surface area contributed by atoms with E-state index >= 15 is 0 Å². The van der Waals surface area contributed by atoms with Crippen LogP contribution in [-0.2, 0) is 14.3 Å². The number of ether oxygens (including phenoxy) is 2. The smallest absolute Gasteiger partial charge is 0.328 e. The maximum atomic E-state index is 11.8. The number of amides is 2. The standard InChI is InChI=1S/C13H24N2O4/c1-4-9(2)11(12(16)18-3)15-13(17)14-8-10-6-5-7-19-10/h9-11H,4-8H2,1-3H3,(H2,14,15,17)/t9-,10-,11+/m1/s1. The number of methoxy groups -OCH3 is 1. The number of carbonyl (C=O) groups excluding carboxylic acids is 2. The van der Waals surface area contributed by atoms with Gasteiger partial charge in [0.05, 0.1) is 13.2 Å². The zero-order chi connectivity index (χ0) is 14.3. The van der Waals surface area contributed by atoms with Crippen LogP contribution in [0.5, 0.6) is 0 Å². The minimum Gasteiger partial charge on any atom is -0.467 e. The molecule has 0 bridgehead atoms. The Morgan fingerprint density at radius 3 is 2.74 bits per heavy atom. The fourth-order valence-electron chi connectivity index (χ4n) is 2.00. The number of carbonyl (C=O) groups is 2. The number of esters is 1. The third kappa shape index (κ3) is 5.06. The van der Waals surface area contributed by atoms with Crippen molar-refractivity contribution in [3.8, 4) is 0 Å². The largest absolute Gasteiger partial charge is 0.467 e. The number of hydrogen-bond acceptors (Lipinski definition) is 4. The van der Waals surface area contributed by atoms with Gasteiger partial charge in [0.2, 0.25) is 0 Å². The van der Waals surface area contributed by atoms with Gasteiger partial charge in [0, 0.05) is 13.2 Å². The van der Waals surface area contributed by atoms with Crippen molar-refractivity contribution in [3.05, 3.63) is 0 Å². The highest BCUT2D eigenvalue weighted by Crippen LogP contribution is 2.11. The van der Waals surface area contributed by atoms with E-state index in [1.807, 2.05) is 13.8 Å². The molecular formula is C13H24N2O4. The molecule has 0 radical (unpaired) electrons. The Kier molecular flexibility index (Phi) is 6.62. The van der Waals surface area contributed by atoms with Gasteiger partial charge in [-0.15, -0.1) is 0 Å². The number of hydrogen-bond donors (Lipinski definition) is 2. The Morgan fingerprint density at radius 2 is 2.21 bits per heavy atom. The van der Waals surface area contributed by atoms with Crippen molar-refractivity contribution in [2.24, 2.45) is 5.92 Å². The average molecular weight is 272 g/mol. The van der Waals surface area contributed by atoms with E-state index in [2.05, 4.69) is 10.6 Å². The van der Waals surface area contributed by atoms with Crippen molar-refractivity contribution in [2.75, 3.05) is 20.3 Å². The van der Waals surface area contributed by atoms with Crippen LogP contribution in [0.4, 0.5) is 4.79 Å². The number of urea groups is 1. The fraction of sp³-hybridized carbons (Fsp3) is 0.846. The molecule has 110 valence electrons. The first kappa shape index (κ1) is 15.8. The second-order valence-electron chi connectivity index (χ2n) is 4.88. The lowest BCUT2D eigenvalue weighted by Crippen LogP contribution is -2.50. The number of rotatable bonds is 6. The van der Waals surface area contributed by atoms with Crippen molar-refractivity contribution < 1.29 is 19.1 Å².